The Morgan fingerprint density at radius 2 is 2.19 bits per heavy atom. The van der Waals surface area contributed by atoms with E-state index in [1.165, 1.54) is 17.4 Å². The standard InChI is InChI=1S/C21H22ClF2N5OS/c1-12-5-14(3-4-25-12)9-29-10-17(27-28-29)16-8-20(7-13(2)26-16)19-15(6-18(22)31-19)21(23,24)11-30-20/h3-6,10,13,16,26H,7-9,11H2,1-2H3/t13-,16-,20-/m0/s1. The second-order valence-corrected chi connectivity index (χ2v) is 10.1. The Kier molecular flexibility index (Phi) is 5.12. The van der Waals surface area contributed by atoms with Gasteiger partial charge in [-0.05, 0) is 44.0 Å². The number of aromatic nitrogens is 4. The smallest absolute Gasteiger partial charge is 0.297 e. The molecule has 3 atom stereocenters. The molecule has 1 saturated heterocycles. The van der Waals surface area contributed by atoms with Crippen LogP contribution in [0.1, 0.15) is 53.2 Å². The van der Waals surface area contributed by atoms with Crippen molar-refractivity contribution in [1.82, 2.24) is 25.3 Å². The highest BCUT2D eigenvalue weighted by Crippen LogP contribution is 2.54. The summed E-state index contributed by atoms with van der Waals surface area (Å²) >= 11 is 7.34. The van der Waals surface area contributed by atoms with Crippen LogP contribution in [-0.4, -0.2) is 32.6 Å². The molecule has 0 aliphatic carbocycles. The Morgan fingerprint density at radius 1 is 1.35 bits per heavy atom. The predicted molar refractivity (Wildman–Crippen MR) is 114 cm³/mol. The van der Waals surface area contributed by atoms with Gasteiger partial charge >= 0.3 is 0 Å². The highest BCUT2D eigenvalue weighted by Gasteiger charge is 2.53. The fraction of sp³-hybridized carbons (Fsp3) is 0.476. The van der Waals surface area contributed by atoms with Crippen LogP contribution >= 0.6 is 22.9 Å². The summed E-state index contributed by atoms with van der Waals surface area (Å²) in [5, 5.41) is 12.2. The zero-order chi connectivity index (χ0) is 21.8. The molecule has 164 valence electrons. The Bertz CT molecular complexity index is 1120. The van der Waals surface area contributed by atoms with Gasteiger partial charge in [-0.15, -0.1) is 16.4 Å². The highest BCUT2D eigenvalue weighted by molar-refractivity contribution is 7.16. The van der Waals surface area contributed by atoms with E-state index in [0.717, 1.165) is 17.0 Å². The molecule has 0 radical (unpaired) electrons. The molecule has 0 aromatic carbocycles. The van der Waals surface area contributed by atoms with Gasteiger partial charge in [-0.25, -0.2) is 4.68 Å². The van der Waals surface area contributed by atoms with Crippen molar-refractivity contribution in [3.8, 4) is 0 Å². The minimum absolute atomic E-state index is 0.00156. The number of aryl methyl sites for hydroxylation is 1. The van der Waals surface area contributed by atoms with E-state index in [0.29, 0.717) is 28.6 Å². The van der Waals surface area contributed by atoms with Crippen molar-refractivity contribution >= 4 is 22.9 Å². The topological polar surface area (TPSA) is 64.9 Å². The lowest BCUT2D eigenvalue weighted by Gasteiger charge is -2.47. The van der Waals surface area contributed by atoms with Crippen LogP contribution in [-0.2, 0) is 22.8 Å². The summed E-state index contributed by atoms with van der Waals surface area (Å²) in [5.41, 5.74) is 1.98. The number of nitrogens with zero attached hydrogens (tertiary/aromatic N) is 4. The fourth-order valence-corrected chi connectivity index (χ4v) is 6.09. The molecule has 0 unspecified atom stereocenters. The van der Waals surface area contributed by atoms with Crippen molar-refractivity contribution in [3.05, 3.63) is 62.3 Å². The van der Waals surface area contributed by atoms with Crippen LogP contribution in [0.5, 0.6) is 0 Å². The van der Waals surface area contributed by atoms with Gasteiger partial charge in [0.2, 0.25) is 0 Å². The number of piperidine rings is 1. The number of fused-ring (bicyclic) bond motifs is 2. The second-order valence-electron chi connectivity index (χ2n) is 8.46. The number of pyridine rings is 1. The Labute approximate surface area is 187 Å². The first-order valence-corrected chi connectivity index (χ1v) is 11.3. The third kappa shape index (κ3) is 3.88. The lowest BCUT2D eigenvalue weighted by atomic mass is 9.78. The predicted octanol–water partition coefficient (Wildman–Crippen LogP) is 4.58. The van der Waals surface area contributed by atoms with E-state index < -0.39 is 18.1 Å². The lowest BCUT2D eigenvalue weighted by molar-refractivity contribution is -0.183. The van der Waals surface area contributed by atoms with Crippen LogP contribution in [0, 0.1) is 6.92 Å². The molecular formula is C21H22ClF2N5OS. The van der Waals surface area contributed by atoms with E-state index in [1.54, 1.807) is 10.9 Å². The zero-order valence-electron chi connectivity index (χ0n) is 17.1. The van der Waals surface area contributed by atoms with Gasteiger partial charge in [-0.2, -0.15) is 8.78 Å². The summed E-state index contributed by atoms with van der Waals surface area (Å²) in [6.07, 6.45) is 4.76. The maximum Gasteiger partial charge on any atom is 0.297 e. The monoisotopic (exact) mass is 465 g/mol. The summed E-state index contributed by atoms with van der Waals surface area (Å²) in [6, 6.07) is 5.22. The fourth-order valence-electron chi connectivity index (χ4n) is 4.65. The molecule has 1 fully saturated rings. The van der Waals surface area contributed by atoms with E-state index in [4.69, 9.17) is 16.3 Å². The van der Waals surface area contributed by atoms with Crippen molar-refractivity contribution in [3.63, 3.8) is 0 Å². The van der Waals surface area contributed by atoms with Crippen LogP contribution in [0.15, 0.2) is 30.6 Å². The SMILES string of the molecule is Cc1cc(Cn2cc([C@@H]3C[C@]4(C[C@H](C)N3)OCC(F)(F)c3cc(Cl)sc34)nn2)ccn1. The van der Waals surface area contributed by atoms with E-state index in [-0.39, 0.29) is 17.6 Å². The van der Waals surface area contributed by atoms with Gasteiger partial charge in [0, 0.05) is 34.8 Å². The van der Waals surface area contributed by atoms with Gasteiger partial charge in [0.05, 0.1) is 28.8 Å². The molecule has 3 aromatic rings. The van der Waals surface area contributed by atoms with Gasteiger partial charge in [-0.1, -0.05) is 16.8 Å². The first kappa shape index (κ1) is 20.9. The number of rotatable bonds is 3. The third-order valence-corrected chi connectivity index (χ3v) is 7.36. The largest absolute Gasteiger partial charge is 0.363 e. The normalized spacial score (nSPS) is 27.4. The maximum absolute atomic E-state index is 14.5. The second kappa shape index (κ2) is 7.58. The summed E-state index contributed by atoms with van der Waals surface area (Å²) in [6.45, 7) is 3.92. The average Bonchev–Trinajstić information content (AvgIpc) is 3.33. The van der Waals surface area contributed by atoms with E-state index in [2.05, 4.69) is 20.6 Å². The average molecular weight is 466 g/mol. The summed E-state index contributed by atoms with van der Waals surface area (Å²) in [4.78, 5) is 4.75. The van der Waals surface area contributed by atoms with Crippen molar-refractivity contribution in [2.45, 2.75) is 56.8 Å². The van der Waals surface area contributed by atoms with Gasteiger partial charge in [0.25, 0.3) is 5.92 Å². The molecule has 0 saturated carbocycles. The minimum Gasteiger partial charge on any atom is -0.363 e. The molecule has 31 heavy (non-hydrogen) atoms. The summed E-state index contributed by atoms with van der Waals surface area (Å²) in [7, 11) is 0. The Balaban J connectivity index is 1.43. The van der Waals surface area contributed by atoms with E-state index in [9.17, 15) is 8.78 Å². The van der Waals surface area contributed by atoms with Crippen molar-refractivity contribution in [1.29, 1.82) is 0 Å². The first-order chi connectivity index (χ1) is 14.7. The molecule has 5 heterocycles. The van der Waals surface area contributed by atoms with Crippen molar-refractivity contribution < 1.29 is 13.5 Å². The van der Waals surface area contributed by atoms with Crippen LogP contribution in [0.25, 0.3) is 0 Å². The highest BCUT2D eigenvalue weighted by atomic mass is 35.5. The number of halogens is 3. The van der Waals surface area contributed by atoms with Crippen molar-refractivity contribution in [2.75, 3.05) is 6.61 Å². The molecule has 10 heteroatoms. The Morgan fingerprint density at radius 3 is 3.00 bits per heavy atom. The van der Waals surface area contributed by atoms with Gasteiger partial charge in [0.15, 0.2) is 0 Å². The van der Waals surface area contributed by atoms with E-state index in [1.807, 2.05) is 32.2 Å². The van der Waals surface area contributed by atoms with Gasteiger partial charge < -0.3 is 10.1 Å². The number of hydrogen-bond donors (Lipinski definition) is 1. The quantitative estimate of drug-likeness (QED) is 0.613. The molecular weight excluding hydrogens is 444 g/mol. The maximum atomic E-state index is 14.5. The van der Waals surface area contributed by atoms with Crippen LogP contribution < -0.4 is 5.32 Å². The third-order valence-electron chi connectivity index (χ3n) is 5.91. The number of thiophene rings is 1. The summed E-state index contributed by atoms with van der Waals surface area (Å²) in [5.74, 6) is -3.03. The number of hydrogen-bond acceptors (Lipinski definition) is 6. The van der Waals surface area contributed by atoms with E-state index >= 15 is 0 Å². The molecule has 2 aliphatic rings. The Hall–Kier alpha value is -1.94. The number of alkyl halides is 2. The van der Waals surface area contributed by atoms with Crippen LogP contribution in [0.2, 0.25) is 4.34 Å². The molecule has 6 nitrogen and oxygen atoms in total. The molecule has 3 aromatic heterocycles. The molecule has 1 N–H and O–H groups in total. The molecule has 0 amide bonds. The molecule has 2 aliphatic heterocycles. The first-order valence-electron chi connectivity index (χ1n) is 10.1. The minimum atomic E-state index is -3.03. The lowest BCUT2D eigenvalue weighted by Crippen LogP contribution is -2.51. The van der Waals surface area contributed by atoms with Gasteiger partial charge in [0.1, 0.15) is 12.2 Å². The molecule has 1 spiro atoms. The van der Waals surface area contributed by atoms with Crippen LogP contribution in [0.3, 0.4) is 0 Å². The van der Waals surface area contributed by atoms with Crippen molar-refractivity contribution in [2.24, 2.45) is 0 Å². The van der Waals surface area contributed by atoms with Gasteiger partial charge in [-0.3, -0.25) is 4.98 Å². The zero-order valence-corrected chi connectivity index (χ0v) is 18.7. The molecule has 5 rings (SSSR count). The van der Waals surface area contributed by atoms with Crippen LogP contribution in [0.4, 0.5) is 8.78 Å². The summed E-state index contributed by atoms with van der Waals surface area (Å²) < 4.78 is 37.0. The molecule has 0 bridgehead atoms. The number of ether oxygens (including phenoxy) is 1. The number of nitrogens with one attached hydrogen (secondary N) is 1.